The van der Waals surface area contributed by atoms with Gasteiger partial charge in [0.2, 0.25) is 11.9 Å². The van der Waals surface area contributed by atoms with Gasteiger partial charge in [0.05, 0.1) is 13.2 Å². The smallest absolute Gasteiger partial charge is 0.228 e. The van der Waals surface area contributed by atoms with Crippen LogP contribution in [0.25, 0.3) is 0 Å². The third-order valence-electron chi connectivity index (χ3n) is 3.52. The van der Waals surface area contributed by atoms with Crippen molar-refractivity contribution in [1.82, 2.24) is 15.0 Å². The average Bonchev–Trinajstić information content (AvgIpc) is 2.53. The molecule has 7 heteroatoms. The van der Waals surface area contributed by atoms with Crippen molar-refractivity contribution in [2.75, 3.05) is 24.4 Å². The first-order valence-electron chi connectivity index (χ1n) is 7.54. The highest BCUT2D eigenvalue weighted by atomic mass is 32.2. The predicted octanol–water partition coefficient (Wildman–Crippen LogP) is 3.45. The molecule has 0 aliphatic rings. The SMILES string of the molecule is CCCC(Nc1nc(N)nc(SC)n1)c1ccc(OC)c(C)c1. The first-order valence-corrected chi connectivity index (χ1v) is 8.76. The summed E-state index contributed by atoms with van der Waals surface area (Å²) in [6, 6.07) is 6.30. The molecule has 0 aliphatic heterocycles. The van der Waals surface area contributed by atoms with Gasteiger partial charge in [0.25, 0.3) is 0 Å². The Morgan fingerprint density at radius 1 is 1.30 bits per heavy atom. The monoisotopic (exact) mass is 333 g/mol. The second-order valence-electron chi connectivity index (χ2n) is 5.22. The van der Waals surface area contributed by atoms with Gasteiger partial charge < -0.3 is 15.8 Å². The molecule has 0 spiro atoms. The van der Waals surface area contributed by atoms with E-state index in [9.17, 15) is 0 Å². The van der Waals surface area contributed by atoms with E-state index in [0.717, 1.165) is 24.2 Å². The van der Waals surface area contributed by atoms with Gasteiger partial charge in [0, 0.05) is 0 Å². The molecule has 0 aliphatic carbocycles. The van der Waals surface area contributed by atoms with Crippen molar-refractivity contribution in [3.63, 3.8) is 0 Å². The fourth-order valence-corrected chi connectivity index (χ4v) is 2.78. The van der Waals surface area contributed by atoms with Crippen LogP contribution < -0.4 is 15.8 Å². The zero-order valence-electron chi connectivity index (χ0n) is 14.0. The number of nitrogens with zero attached hydrogens (tertiary/aromatic N) is 3. The summed E-state index contributed by atoms with van der Waals surface area (Å²) in [6.45, 7) is 4.19. The van der Waals surface area contributed by atoms with E-state index in [1.165, 1.54) is 17.3 Å². The fraction of sp³-hybridized carbons (Fsp3) is 0.438. The van der Waals surface area contributed by atoms with Crippen LogP contribution in [0.2, 0.25) is 0 Å². The zero-order chi connectivity index (χ0) is 16.8. The highest BCUT2D eigenvalue weighted by Crippen LogP contribution is 2.27. The first kappa shape index (κ1) is 17.3. The molecule has 2 aromatic rings. The molecule has 1 heterocycles. The zero-order valence-corrected chi connectivity index (χ0v) is 14.8. The number of methoxy groups -OCH3 is 1. The number of rotatable bonds is 7. The van der Waals surface area contributed by atoms with E-state index in [1.807, 2.05) is 19.2 Å². The summed E-state index contributed by atoms with van der Waals surface area (Å²) in [5, 5.41) is 3.99. The van der Waals surface area contributed by atoms with Crippen molar-refractivity contribution in [1.29, 1.82) is 0 Å². The van der Waals surface area contributed by atoms with E-state index in [4.69, 9.17) is 10.5 Å². The molecule has 1 aromatic heterocycles. The van der Waals surface area contributed by atoms with Crippen LogP contribution in [-0.2, 0) is 0 Å². The maximum atomic E-state index is 5.75. The van der Waals surface area contributed by atoms with Crippen molar-refractivity contribution in [3.8, 4) is 5.75 Å². The van der Waals surface area contributed by atoms with Crippen molar-refractivity contribution in [3.05, 3.63) is 29.3 Å². The second-order valence-corrected chi connectivity index (χ2v) is 5.99. The van der Waals surface area contributed by atoms with Crippen LogP contribution >= 0.6 is 11.8 Å². The van der Waals surface area contributed by atoms with Crippen LogP contribution in [0.4, 0.5) is 11.9 Å². The largest absolute Gasteiger partial charge is 0.496 e. The summed E-state index contributed by atoms with van der Waals surface area (Å²) in [5.74, 6) is 1.62. The molecule has 23 heavy (non-hydrogen) atoms. The Morgan fingerprint density at radius 2 is 2.09 bits per heavy atom. The quantitative estimate of drug-likeness (QED) is 0.750. The number of hydrogen-bond acceptors (Lipinski definition) is 7. The third kappa shape index (κ3) is 4.48. The molecule has 0 saturated carbocycles. The van der Waals surface area contributed by atoms with Gasteiger partial charge in [-0.15, -0.1) is 0 Å². The predicted molar refractivity (Wildman–Crippen MR) is 95.0 cm³/mol. The lowest BCUT2D eigenvalue weighted by atomic mass is 10.00. The molecule has 0 amide bonds. The van der Waals surface area contributed by atoms with Gasteiger partial charge >= 0.3 is 0 Å². The number of ether oxygens (including phenoxy) is 1. The second kappa shape index (κ2) is 8.01. The minimum absolute atomic E-state index is 0.112. The normalized spacial score (nSPS) is 12.0. The Bertz CT molecular complexity index is 665. The van der Waals surface area contributed by atoms with Gasteiger partial charge in [-0.1, -0.05) is 37.2 Å². The van der Waals surface area contributed by atoms with E-state index in [2.05, 4.69) is 39.3 Å². The summed E-state index contributed by atoms with van der Waals surface area (Å²) >= 11 is 1.44. The van der Waals surface area contributed by atoms with Gasteiger partial charge in [-0.2, -0.15) is 15.0 Å². The molecule has 1 unspecified atom stereocenters. The van der Waals surface area contributed by atoms with Crippen LogP contribution in [0.3, 0.4) is 0 Å². The van der Waals surface area contributed by atoms with E-state index in [-0.39, 0.29) is 12.0 Å². The molecule has 0 bridgehead atoms. The van der Waals surface area contributed by atoms with E-state index >= 15 is 0 Å². The minimum Gasteiger partial charge on any atom is -0.496 e. The number of benzene rings is 1. The Kier molecular flexibility index (Phi) is 6.04. The number of nitrogens with two attached hydrogens (primary N) is 1. The van der Waals surface area contributed by atoms with E-state index < -0.39 is 0 Å². The van der Waals surface area contributed by atoms with E-state index in [1.54, 1.807) is 7.11 Å². The van der Waals surface area contributed by atoms with Crippen molar-refractivity contribution < 1.29 is 4.74 Å². The summed E-state index contributed by atoms with van der Waals surface area (Å²) in [5.41, 5.74) is 8.03. The number of aryl methyl sites for hydroxylation is 1. The van der Waals surface area contributed by atoms with E-state index in [0.29, 0.717) is 11.1 Å². The molecule has 1 atom stereocenters. The maximum Gasteiger partial charge on any atom is 0.228 e. The summed E-state index contributed by atoms with van der Waals surface area (Å²) in [6.07, 6.45) is 3.92. The van der Waals surface area contributed by atoms with Crippen molar-refractivity contribution in [2.24, 2.45) is 0 Å². The van der Waals surface area contributed by atoms with Crippen molar-refractivity contribution >= 4 is 23.7 Å². The van der Waals surface area contributed by atoms with Crippen LogP contribution in [0.15, 0.2) is 23.4 Å². The molecular weight excluding hydrogens is 310 g/mol. The highest BCUT2D eigenvalue weighted by molar-refractivity contribution is 7.98. The number of hydrogen-bond donors (Lipinski definition) is 2. The summed E-state index contributed by atoms with van der Waals surface area (Å²) in [4.78, 5) is 12.6. The third-order valence-corrected chi connectivity index (χ3v) is 4.06. The number of aromatic nitrogens is 3. The molecule has 0 fully saturated rings. The summed E-state index contributed by atoms with van der Waals surface area (Å²) in [7, 11) is 1.68. The lowest BCUT2D eigenvalue weighted by molar-refractivity contribution is 0.411. The molecule has 6 nitrogen and oxygen atoms in total. The van der Waals surface area contributed by atoms with Gasteiger partial charge in [0.1, 0.15) is 5.75 Å². The molecule has 0 radical (unpaired) electrons. The Hall–Kier alpha value is -2.02. The van der Waals surface area contributed by atoms with Gasteiger partial charge in [-0.05, 0) is 36.8 Å². The molecule has 1 aromatic carbocycles. The molecule has 2 rings (SSSR count). The number of nitrogens with one attached hydrogen (secondary N) is 1. The van der Waals surface area contributed by atoms with Crippen LogP contribution in [-0.4, -0.2) is 28.3 Å². The van der Waals surface area contributed by atoms with Crippen molar-refractivity contribution in [2.45, 2.75) is 37.9 Å². The minimum atomic E-state index is 0.112. The van der Waals surface area contributed by atoms with Gasteiger partial charge in [0.15, 0.2) is 5.16 Å². The lowest BCUT2D eigenvalue weighted by Gasteiger charge is -2.20. The van der Waals surface area contributed by atoms with Crippen LogP contribution in [0.1, 0.15) is 36.9 Å². The standard InChI is InChI=1S/C16H23N5OS/c1-5-6-12(11-7-8-13(22-3)10(2)9-11)18-15-19-14(17)20-16(21-15)23-4/h7-9,12H,5-6H2,1-4H3,(H3,17,18,19,20,21). The lowest BCUT2D eigenvalue weighted by Crippen LogP contribution is -2.14. The Morgan fingerprint density at radius 3 is 2.70 bits per heavy atom. The molecular formula is C16H23N5OS. The topological polar surface area (TPSA) is 86.0 Å². The number of thioether (sulfide) groups is 1. The van der Waals surface area contributed by atoms with Crippen LogP contribution in [0, 0.1) is 6.92 Å². The number of nitrogen functional groups attached to an aromatic ring is 1. The average molecular weight is 333 g/mol. The number of anilines is 2. The first-order chi connectivity index (χ1) is 11.1. The maximum absolute atomic E-state index is 5.75. The summed E-state index contributed by atoms with van der Waals surface area (Å²) < 4.78 is 5.33. The molecule has 0 saturated heterocycles. The van der Waals surface area contributed by atoms with Crippen LogP contribution in [0.5, 0.6) is 5.75 Å². The van der Waals surface area contributed by atoms with Gasteiger partial charge in [-0.25, -0.2) is 0 Å². The Labute approximate surface area is 141 Å². The fourth-order valence-electron chi connectivity index (χ4n) is 2.41. The highest BCUT2D eigenvalue weighted by Gasteiger charge is 2.14. The molecule has 3 N–H and O–H groups in total. The molecule has 124 valence electrons. The Balaban J connectivity index is 2.28. The van der Waals surface area contributed by atoms with Gasteiger partial charge in [-0.3, -0.25) is 0 Å².